The Morgan fingerprint density at radius 2 is 1.96 bits per heavy atom. The van der Waals surface area contributed by atoms with Crippen molar-refractivity contribution in [2.75, 3.05) is 24.5 Å². The molecule has 1 saturated heterocycles. The molecule has 1 aromatic carbocycles. The topological polar surface area (TPSA) is 56.4 Å². The smallest absolute Gasteiger partial charge is 0.248 e. The zero-order valence-corrected chi connectivity index (χ0v) is 15.1. The van der Waals surface area contributed by atoms with Crippen molar-refractivity contribution in [1.82, 2.24) is 9.88 Å². The normalized spacial score (nSPS) is 21.0. The Hall–Kier alpha value is -2.40. The third kappa shape index (κ3) is 3.31. The summed E-state index contributed by atoms with van der Waals surface area (Å²) in [5.74, 6) is 0.604. The Morgan fingerprint density at radius 1 is 1.19 bits per heavy atom. The van der Waals surface area contributed by atoms with Gasteiger partial charge in [-0.05, 0) is 68.5 Å². The van der Waals surface area contributed by atoms with Crippen molar-refractivity contribution < 1.29 is 4.79 Å². The number of piperidine rings is 1. The molecule has 1 fully saturated rings. The molecule has 1 unspecified atom stereocenters. The summed E-state index contributed by atoms with van der Waals surface area (Å²) in [7, 11) is 0. The third-order valence-electron chi connectivity index (χ3n) is 5.69. The summed E-state index contributed by atoms with van der Waals surface area (Å²) in [6.07, 6.45) is 4.64. The summed E-state index contributed by atoms with van der Waals surface area (Å²) >= 11 is 0. The van der Waals surface area contributed by atoms with Crippen LogP contribution in [0.25, 0.3) is 0 Å². The summed E-state index contributed by atoms with van der Waals surface area (Å²) in [5, 5.41) is 0. The van der Waals surface area contributed by atoms with Crippen molar-refractivity contribution in [2.45, 2.75) is 38.1 Å². The lowest BCUT2D eigenvalue weighted by atomic mass is 9.90. The van der Waals surface area contributed by atoms with Gasteiger partial charge in [0.1, 0.15) is 0 Å². The molecule has 3 heterocycles. The summed E-state index contributed by atoms with van der Waals surface area (Å²) in [6, 6.07) is 12.1. The van der Waals surface area contributed by atoms with Gasteiger partial charge in [0, 0.05) is 24.0 Å². The third-order valence-corrected chi connectivity index (χ3v) is 5.69. The predicted octanol–water partition coefficient (Wildman–Crippen LogP) is 2.53. The lowest BCUT2D eigenvalue weighted by molar-refractivity contribution is -0.120. The Bertz CT molecular complexity index is 852. The molecule has 1 amide bonds. The number of carbonyl (C=O) groups is 1. The van der Waals surface area contributed by atoms with E-state index in [9.17, 15) is 9.59 Å². The maximum absolute atomic E-state index is 12.9. The van der Waals surface area contributed by atoms with Gasteiger partial charge < -0.3 is 9.88 Å². The fourth-order valence-corrected chi connectivity index (χ4v) is 4.35. The average Bonchev–Trinajstić information content (AvgIpc) is 2.98. The molecule has 0 aliphatic carbocycles. The van der Waals surface area contributed by atoms with Crippen LogP contribution in [0.4, 0.5) is 5.69 Å². The molecular formula is C21H25N3O2. The first-order valence-corrected chi connectivity index (χ1v) is 9.43. The van der Waals surface area contributed by atoms with Crippen molar-refractivity contribution in [2.24, 2.45) is 0 Å². The van der Waals surface area contributed by atoms with Crippen LogP contribution in [0.1, 0.15) is 36.8 Å². The maximum atomic E-state index is 12.9. The summed E-state index contributed by atoms with van der Waals surface area (Å²) in [4.78, 5) is 31.3. The van der Waals surface area contributed by atoms with Crippen molar-refractivity contribution >= 4 is 11.6 Å². The fraction of sp³-hybridized carbons (Fsp3) is 0.429. The van der Waals surface area contributed by atoms with Crippen LogP contribution >= 0.6 is 0 Å². The SMILES string of the molecule is CC1Cc2ccccc2N1C(=O)CN1CCC(c2cc[nH]c(=O)c2)CC1. The van der Waals surface area contributed by atoms with Gasteiger partial charge in [0.15, 0.2) is 0 Å². The van der Waals surface area contributed by atoms with Gasteiger partial charge in [-0.1, -0.05) is 18.2 Å². The van der Waals surface area contributed by atoms with Crippen molar-refractivity contribution in [3.05, 3.63) is 64.1 Å². The number of nitrogens with one attached hydrogen (secondary N) is 1. The van der Waals surface area contributed by atoms with E-state index in [0.717, 1.165) is 43.6 Å². The molecule has 1 aromatic heterocycles. The van der Waals surface area contributed by atoms with Crippen LogP contribution in [0.2, 0.25) is 0 Å². The zero-order valence-electron chi connectivity index (χ0n) is 15.1. The zero-order chi connectivity index (χ0) is 18.1. The van der Waals surface area contributed by atoms with Gasteiger partial charge in [-0.15, -0.1) is 0 Å². The molecule has 1 atom stereocenters. The molecule has 4 rings (SSSR count). The molecule has 2 aliphatic rings. The number of hydrogen-bond donors (Lipinski definition) is 1. The maximum Gasteiger partial charge on any atom is 0.248 e. The number of para-hydroxylation sites is 1. The van der Waals surface area contributed by atoms with Gasteiger partial charge in [0.25, 0.3) is 0 Å². The van der Waals surface area contributed by atoms with E-state index in [-0.39, 0.29) is 17.5 Å². The Labute approximate surface area is 153 Å². The van der Waals surface area contributed by atoms with Gasteiger partial charge in [0.2, 0.25) is 11.5 Å². The lowest BCUT2D eigenvalue weighted by Gasteiger charge is -2.33. The minimum absolute atomic E-state index is 0.0400. The Morgan fingerprint density at radius 3 is 2.73 bits per heavy atom. The van der Waals surface area contributed by atoms with Crippen LogP contribution in [0.5, 0.6) is 0 Å². The number of benzene rings is 1. The largest absolute Gasteiger partial charge is 0.329 e. The Kier molecular flexibility index (Phi) is 4.64. The molecule has 2 aliphatic heterocycles. The highest BCUT2D eigenvalue weighted by Gasteiger charge is 2.32. The number of carbonyl (C=O) groups excluding carboxylic acids is 1. The minimum Gasteiger partial charge on any atom is -0.329 e. The number of H-pyrrole nitrogens is 1. The monoisotopic (exact) mass is 351 g/mol. The van der Waals surface area contributed by atoms with Crippen LogP contribution < -0.4 is 10.5 Å². The molecule has 0 spiro atoms. The molecule has 0 bridgehead atoms. The van der Waals surface area contributed by atoms with Gasteiger partial charge in [-0.3, -0.25) is 14.5 Å². The van der Waals surface area contributed by atoms with E-state index in [4.69, 9.17) is 0 Å². The second-order valence-corrected chi connectivity index (χ2v) is 7.48. The molecule has 5 nitrogen and oxygen atoms in total. The highest BCUT2D eigenvalue weighted by Crippen LogP contribution is 2.32. The number of likely N-dealkylation sites (tertiary alicyclic amines) is 1. The predicted molar refractivity (Wildman–Crippen MR) is 103 cm³/mol. The first kappa shape index (κ1) is 17.0. The van der Waals surface area contributed by atoms with E-state index in [1.165, 1.54) is 5.56 Å². The molecule has 2 aromatic rings. The van der Waals surface area contributed by atoms with Gasteiger partial charge in [-0.2, -0.15) is 0 Å². The Balaban J connectivity index is 1.37. The van der Waals surface area contributed by atoms with Gasteiger partial charge in [0.05, 0.1) is 6.54 Å². The number of pyridine rings is 1. The molecule has 26 heavy (non-hydrogen) atoms. The molecule has 0 saturated carbocycles. The van der Waals surface area contributed by atoms with E-state index in [1.54, 1.807) is 12.3 Å². The number of amides is 1. The fourth-order valence-electron chi connectivity index (χ4n) is 4.35. The van der Waals surface area contributed by atoms with E-state index in [2.05, 4.69) is 28.9 Å². The molecular weight excluding hydrogens is 326 g/mol. The van der Waals surface area contributed by atoms with Crippen molar-refractivity contribution in [3.8, 4) is 0 Å². The number of aromatic nitrogens is 1. The first-order chi connectivity index (χ1) is 12.6. The van der Waals surface area contributed by atoms with Crippen molar-refractivity contribution in [3.63, 3.8) is 0 Å². The second kappa shape index (κ2) is 7.08. The van der Waals surface area contributed by atoms with Crippen LogP contribution in [0, 0.1) is 0 Å². The van der Waals surface area contributed by atoms with E-state index < -0.39 is 0 Å². The van der Waals surface area contributed by atoms with Crippen LogP contribution in [-0.2, 0) is 11.2 Å². The summed E-state index contributed by atoms with van der Waals surface area (Å²) in [5.41, 5.74) is 3.41. The van der Waals surface area contributed by atoms with E-state index in [0.29, 0.717) is 12.5 Å². The summed E-state index contributed by atoms with van der Waals surface area (Å²) in [6.45, 7) is 4.39. The van der Waals surface area contributed by atoms with Crippen LogP contribution in [0.15, 0.2) is 47.4 Å². The highest BCUT2D eigenvalue weighted by molar-refractivity contribution is 5.97. The number of nitrogens with zero attached hydrogens (tertiary/aromatic N) is 2. The average molecular weight is 351 g/mol. The molecule has 136 valence electrons. The number of hydrogen-bond acceptors (Lipinski definition) is 3. The molecule has 1 N–H and O–H groups in total. The lowest BCUT2D eigenvalue weighted by Crippen LogP contribution is -2.45. The number of aromatic amines is 1. The van der Waals surface area contributed by atoms with E-state index in [1.807, 2.05) is 23.1 Å². The number of rotatable bonds is 3. The van der Waals surface area contributed by atoms with Crippen LogP contribution in [-0.4, -0.2) is 41.5 Å². The molecule has 0 radical (unpaired) electrons. The van der Waals surface area contributed by atoms with Gasteiger partial charge in [-0.25, -0.2) is 0 Å². The molecule has 5 heteroatoms. The van der Waals surface area contributed by atoms with Crippen LogP contribution in [0.3, 0.4) is 0 Å². The van der Waals surface area contributed by atoms with Gasteiger partial charge >= 0.3 is 0 Å². The minimum atomic E-state index is -0.0400. The van der Waals surface area contributed by atoms with E-state index >= 15 is 0 Å². The summed E-state index contributed by atoms with van der Waals surface area (Å²) < 4.78 is 0. The highest BCUT2D eigenvalue weighted by atomic mass is 16.2. The first-order valence-electron chi connectivity index (χ1n) is 9.43. The van der Waals surface area contributed by atoms with Crippen molar-refractivity contribution in [1.29, 1.82) is 0 Å². The number of fused-ring (bicyclic) bond motifs is 1. The standard InChI is InChI=1S/C21H25N3O2/c1-15-12-18-4-2-3-5-19(18)24(15)21(26)14-23-10-7-16(8-11-23)17-6-9-22-20(25)13-17/h2-6,9,13,15-16H,7-8,10-12,14H2,1H3,(H,22,25). The number of anilines is 1. The second-order valence-electron chi connectivity index (χ2n) is 7.48. The quantitative estimate of drug-likeness (QED) is 0.924.